The fraction of sp³-hybridized carbons (Fsp3) is 0.500. The summed E-state index contributed by atoms with van der Waals surface area (Å²) in [6, 6.07) is -1.10. The van der Waals surface area contributed by atoms with Gasteiger partial charge in [-0.25, -0.2) is 4.79 Å². The molecule has 0 aromatic rings. The van der Waals surface area contributed by atoms with E-state index in [1.807, 2.05) is 0 Å². The lowest BCUT2D eigenvalue weighted by molar-refractivity contribution is -0.142. The van der Waals surface area contributed by atoms with Crippen molar-refractivity contribution >= 4 is 17.8 Å². The smallest absolute Gasteiger partial charge is 0.326 e. The molecule has 0 radical (unpaired) electrons. The van der Waals surface area contributed by atoms with Crippen molar-refractivity contribution < 1.29 is 19.5 Å². The van der Waals surface area contributed by atoms with Crippen molar-refractivity contribution in [3.05, 3.63) is 12.7 Å². The van der Waals surface area contributed by atoms with Gasteiger partial charge < -0.3 is 21.5 Å². The van der Waals surface area contributed by atoms with E-state index in [9.17, 15) is 14.4 Å². The number of carbonyl (C=O) groups is 3. The van der Waals surface area contributed by atoms with Crippen molar-refractivity contribution in [2.24, 2.45) is 5.73 Å². The molecule has 0 bridgehead atoms. The van der Waals surface area contributed by atoms with Crippen molar-refractivity contribution in [1.29, 1.82) is 0 Å². The van der Waals surface area contributed by atoms with Crippen LogP contribution in [-0.4, -0.2) is 42.0 Å². The summed E-state index contributed by atoms with van der Waals surface area (Å²) in [6.07, 6.45) is 1.48. The van der Waals surface area contributed by atoms with E-state index in [-0.39, 0.29) is 19.4 Å². The number of amides is 2. The van der Waals surface area contributed by atoms with Gasteiger partial charge in [0.1, 0.15) is 6.04 Å². The fourth-order valence-corrected chi connectivity index (χ4v) is 1.08. The van der Waals surface area contributed by atoms with Gasteiger partial charge in [0.05, 0.1) is 6.54 Å². The zero-order valence-corrected chi connectivity index (χ0v) is 9.44. The molecule has 0 fully saturated rings. The predicted octanol–water partition coefficient (Wildman–Crippen LogP) is -1.40. The van der Waals surface area contributed by atoms with Crippen LogP contribution in [0.4, 0.5) is 0 Å². The number of carboxylic acid groups (broad SMARTS) is 1. The first-order valence-corrected chi connectivity index (χ1v) is 5.09. The minimum absolute atomic E-state index is 0.00757. The third kappa shape index (κ3) is 7.97. The Labute approximate surface area is 99.1 Å². The van der Waals surface area contributed by atoms with Gasteiger partial charge in [-0.1, -0.05) is 6.08 Å². The topological polar surface area (TPSA) is 122 Å². The van der Waals surface area contributed by atoms with Crippen LogP contribution in [0, 0.1) is 0 Å². The molecule has 0 unspecified atom stereocenters. The molecule has 17 heavy (non-hydrogen) atoms. The van der Waals surface area contributed by atoms with E-state index in [2.05, 4.69) is 17.2 Å². The average Bonchev–Trinajstić information content (AvgIpc) is 2.23. The summed E-state index contributed by atoms with van der Waals surface area (Å²) in [5.74, 6) is -2.25. The van der Waals surface area contributed by atoms with Crippen molar-refractivity contribution in [3.63, 3.8) is 0 Å². The molecule has 96 valence electrons. The fourth-order valence-electron chi connectivity index (χ4n) is 1.08. The van der Waals surface area contributed by atoms with Crippen LogP contribution in [0.2, 0.25) is 0 Å². The van der Waals surface area contributed by atoms with Crippen LogP contribution in [0.5, 0.6) is 0 Å². The van der Waals surface area contributed by atoms with E-state index in [1.165, 1.54) is 0 Å². The second kappa shape index (κ2) is 8.28. The molecular weight excluding hydrogens is 226 g/mol. The first-order valence-electron chi connectivity index (χ1n) is 5.09. The molecule has 0 spiro atoms. The molecule has 0 saturated heterocycles. The highest BCUT2D eigenvalue weighted by atomic mass is 16.4. The number of carbonyl (C=O) groups excluding carboxylic acids is 2. The third-order valence-corrected chi connectivity index (χ3v) is 1.89. The minimum Gasteiger partial charge on any atom is -0.480 e. The molecule has 0 aromatic carbocycles. The summed E-state index contributed by atoms with van der Waals surface area (Å²) in [5.41, 5.74) is 4.90. The maximum absolute atomic E-state index is 11.3. The van der Waals surface area contributed by atoms with Crippen LogP contribution in [-0.2, 0) is 14.4 Å². The van der Waals surface area contributed by atoms with E-state index in [4.69, 9.17) is 10.8 Å². The molecule has 7 nitrogen and oxygen atoms in total. The van der Waals surface area contributed by atoms with Crippen molar-refractivity contribution in [1.82, 2.24) is 10.6 Å². The molecule has 0 aliphatic rings. The molecule has 0 saturated carbocycles. The summed E-state index contributed by atoms with van der Waals surface area (Å²) in [5, 5.41) is 13.8. The van der Waals surface area contributed by atoms with Gasteiger partial charge in [-0.2, -0.15) is 0 Å². The van der Waals surface area contributed by atoms with Gasteiger partial charge in [0.25, 0.3) is 0 Å². The number of carboxylic acids is 1. The number of rotatable bonds is 9. The van der Waals surface area contributed by atoms with Crippen LogP contribution in [0.15, 0.2) is 12.7 Å². The quantitative estimate of drug-likeness (QED) is 0.293. The molecule has 7 heteroatoms. The van der Waals surface area contributed by atoms with Crippen LogP contribution in [0.25, 0.3) is 0 Å². The second-order valence-electron chi connectivity index (χ2n) is 3.38. The summed E-state index contributed by atoms with van der Waals surface area (Å²) in [4.78, 5) is 32.6. The van der Waals surface area contributed by atoms with E-state index in [0.29, 0.717) is 6.54 Å². The van der Waals surface area contributed by atoms with Gasteiger partial charge in [0.2, 0.25) is 11.8 Å². The minimum atomic E-state index is -1.19. The SMILES string of the molecule is C=CCNCC(=O)N[C@@H](CCC(N)=O)C(=O)O. The van der Waals surface area contributed by atoms with Crippen LogP contribution in [0.1, 0.15) is 12.8 Å². The highest BCUT2D eigenvalue weighted by molar-refractivity contribution is 5.85. The Kier molecular flexibility index (Phi) is 7.36. The normalized spacial score (nSPS) is 11.5. The average molecular weight is 243 g/mol. The molecule has 0 rings (SSSR count). The lowest BCUT2D eigenvalue weighted by Crippen LogP contribution is -2.45. The second-order valence-corrected chi connectivity index (χ2v) is 3.38. The number of hydrogen-bond acceptors (Lipinski definition) is 4. The summed E-state index contributed by atoms with van der Waals surface area (Å²) in [6.45, 7) is 3.90. The first-order chi connectivity index (χ1) is 7.97. The molecule has 1 atom stereocenters. The molecule has 0 aliphatic carbocycles. The lowest BCUT2D eigenvalue weighted by Gasteiger charge is -2.13. The summed E-state index contributed by atoms with van der Waals surface area (Å²) in [7, 11) is 0. The number of primary amides is 1. The van der Waals surface area contributed by atoms with Crippen molar-refractivity contribution in [2.75, 3.05) is 13.1 Å². The van der Waals surface area contributed by atoms with Crippen LogP contribution in [0.3, 0.4) is 0 Å². The van der Waals surface area contributed by atoms with Crippen LogP contribution >= 0.6 is 0 Å². The third-order valence-electron chi connectivity index (χ3n) is 1.89. The standard InChI is InChI=1S/C10H17N3O4/c1-2-5-12-6-9(15)13-7(10(16)17)3-4-8(11)14/h2,7,12H,1,3-6H2,(H2,11,14)(H,13,15)(H,16,17)/t7-/m0/s1. The molecule has 0 heterocycles. The molecule has 0 aliphatic heterocycles. The number of nitrogens with two attached hydrogens (primary N) is 1. The lowest BCUT2D eigenvalue weighted by atomic mass is 10.1. The number of hydrogen-bond donors (Lipinski definition) is 4. The van der Waals surface area contributed by atoms with E-state index >= 15 is 0 Å². The zero-order chi connectivity index (χ0) is 13.3. The Morgan fingerprint density at radius 2 is 2.06 bits per heavy atom. The highest BCUT2D eigenvalue weighted by Gasteiger charge is 2.19. The molecule has 2 amide bonds. The van der Waals surface area contributed by atoms with E-state index in [1.54, 1.807) is 6.08 Å². The first kappa shape index (κ1) is 15.1. The van der Waals surface area contributed by atoms with Gasteiger partial charge in [-0.3, -0.25) is 9.59 Å². The maximum atomic E-state index is 11.3. The number of aliphatic carboxylic acids is 1. The van der Waals surface area contributed by atoms with Gasteiger partial charge in [0.15, 0.2) is 0 Å². The summed E-state index contributed by atoms with van der Waals surface area (Å²) >= 11 is 0. The molecular formula is C10H17N3O4. The van der Waals surface area contributed by atoms with Crippen molar-refractivity contribution in [3.8, 4) is 0 Å². The Morgan fingerprint density at radius 3 is 2.53 bits per heavy atom. The predicted molar refractivity (Wildman–Crippen MR) is 61.1 cm³/mol. The number of nitrogens with one attached hydrogen (secondary N) is 2. The maximum Gasteiger partial charge on any atom is 0.326 e. The van der Waals surface area contributed by atoms with Gasteiger partial charge in [0, 0.05) is 13.0 Å². The summed E-state index contributed by atoms with van der Waals surface area (Å²) < 4.78 is 0. The van der Waals surface area contributed by atoms with Crippen LogP contribution < -0.4 is 16.4 Å². The monoisotopic (exact) mass is 243 g/mol. The molecule has 5 N–H and O–H groups in total. The highest BCUT2D eigenvalue weighted by Crippen LogP contribution is 1.97. The Hall–Kier alpha value is -1.89. The Morgan fingerprint density at radius 1 is 1.41 bits per heavy atom. The van der Waals surface area contributed by atoms with Crippen molar-refractivity contribution in [2.45, 2.75) is 18.9 Å². The van der Waals surface area contributed by atoms with Gasteiger partial charge in [-0.05, 0) is 6.42 Å². The Balaban J connectivity index is 4.06. The Bertz CT molecular complexity index is 304. The zero-order valence-electron chi connectivity index (χ0n) is 9.44. The van der Waals surface area contributed by atoms with Gasteiger partial charge >= 0.3 is 5.97 Å². The largest absolute Gasteiger partial charge is 0.480 e. The van der Waals surface area contributed by atoms with E-state index in [0.717, 1.165) is 0 Å². The van der Waals surface area contributed by atoms with Gasteiger partial charge in [-0.15, -0.1) is 6.58 Å². The van der Waals surface area contributed by atoms with E-state index < -0.39 is 23.8 Å². The molecule has 0 aromatic heterocycles.